The molecule has 0 aliphatic heterocycles. The minimum absolute atomic E-state index is 0.209. The van der Waals surface area contributed by atoms with Crippen LogP contribution in [0, 0.1) is 20.8 Å². The summed E-state index contributed by atoms with van der Waals surface area (Å²) in [5.74, 6) is 0.193. The van der Waals surface area contributed by atoms with Gasteiger partial charge in [-0.1, -0.05) is 17.3 Å². The van der Waals surface area contributed by atoms with Crippen LogP contribution in [0.2, 0.25) is 0 Å². The maximum absolute atomic E-state index is 13.3. The third kappa shape index (κ3) is 3.08. The van der Waals surface area contributed by atoms with Crippen LogP contribution in [0.5, 0.6) is 0 Å². The van der Waals surface area contributed by atoms with E-state index in [0.717, 1.165) is 35.6 Å². The second-order valence-corrected chi connectivity index (χ2v) is 7.63. The van der Waals surface area contributed by atoms with Gasteiger partial charge in [0.2, 0.25) is 0 Å². The fourth-order valence-electron chi connectivity index (χ4n) is 3.71. The highest BCUT2D eigenvalue weighted by Crippen LogP contribution is 2.40. The zero-order valence-electron chi connectivity index (χ0n) is 16.6. The van der Waals surface area contributed by atoms with E-state index in [1.165, 1.54) is 0 Å². The molecule has 29 heavy (non-hydrogen) atoms. The Kier molecular flexibility index (Phi) is 3.97. The van der Waals surface area contributed by atoms with Gasteiger partial charge >= 0.3 is 0 Å². The van der Waals surface area contributed by atoms with Gasteiger partial charge in [0.05, 0.1) is 33.7 Å². The fraction of sp³-hybridized carbons (Fsp3) is 0.273. The minimum Gasteiger partial charge on any atom is -0.336 e. The van der Waals surface area contributed by atoms with Crippen molar-refractivity contribution in [1.29, 1.82) is 0 Å². The summed E-state index contributed by atoms with van der Waals surface area (Å²) < 4.78 is 7.21. The molecule has 3 heterocycles. The number of nitrogens with one attached hydrogen (secondary N) is 1. The molecular weight excluding hydrogens is 366 g/mol. The Hall–Kier alpha value is -3.48. The van der Waals surface area contributed by atoms with E-state index < -0.39 is 0 Å². The average Bonchev–Trinajstić information content (AvgIpc) is 3.41. The van der Waals surface area contributed by atoms with Crippen LogP contribution in [-0.2, 0) is 0 Å². The summed E-state index contributed by atoms with van der Waals surface area (Å²) in [5.41, 5.74) is 5.95. The second kappa shape index (κ2) is 6.55. The van der Waals surface area contributed by atoms with Crippen molar-refractivity contribution in [2.75, 3.05) is 5.32 Å². The maximum Gasteiger partial charge on any atom is 0.259 e. The van der Waals surface area contributed by atoms with Crippen molar-refractivity contribution in [3.05, 3.63) is 64.7 Å². The molecule has 0 atom stereocenters. The van der Waals surface area contributed by atoms with Crippen molar-refractivity contribution >= 4 is 22.7 Å². The lowest BCUT2D eigenvalue weighted by molar-refractivity contribution is 0.102. The van der Waals surface area contributed by atoms with Gasteiger partial charge in [0.25, 0.3) is 11.6 Å². The molecule has 1 aromatic carbocycles. The molecule has 3 aromatic heterocycles. The smallest absolute Gasteiger partial charge is 0.259 e. The predicted molar refractivity (Wildman–Crippen MR) is 110 cm³/mol. The number of amides is 1. The molecule has 1 aliphatic carbocycles. The Balaban J connectivity index is 1.57. The average molecular weight is 387 g/mol. The van der Waals surface area contributed by atoms with Gasteiger partial charge in [-0.15, -0.1) is 0 Å². The molecule has 1 N–H and O–H groups in total. The van der Waals surface area contributed by atoms with E-state index in [1.54, 1.807) is 0 Å². The normalized spacial score (nSPS) is 13.8. The van der Waals surface area contributed by atoms with E-state index in [1.807, 2.05) is 61.9 Å². The highest BCUT2D eigenvalue weighted by Gasteiger charge is 2.29. The SMILES string of the molecule is Cc1cc(C)n(-c2ccccc2NC(=O)c2cc(C3CC3)nc3onc(C)c23)n1. The third-order valence-electron chi connectivity index (χ3n) is 5.27. The van der Waals surface area contributed by atoms with Crippen molar-refractivity contribution in [3.63, 3.8) is 0 Å². The number of aryl methyl sites for hydroxylation is 3. The van der Waals surface area contributed by atoms with Gasteiger partial charge in [-0.3, -0.25) is 4.79 Å². The predicted octanol–water partition coefficient (Wildman–Crippen LogP) is 4.46. The summed E-state index contributed by atoms with van der Waals surface area (Å²) in [6.45, 7) is 5.77. The molecule has 0 bridgehead atoms. The van der Waals surface area contributed by atoms with Crippen LogP contribution in [0.4, 0.5) is 5.69 Å². The van der Waals surface area contributed by atoms with Gasteiger partial charge in [0, 0.05) is 17.3 Å². The zero-order chi connectivity index (χ0) is 20.1. The molecule has 5 rings (SSSR count). The Morgan fingerprint density at radius 1 is 1.17 bits per heavy atom. The largest absolute Gasteiger partial charge is 0.336 e. The summed E-state index contributed by atoms with van der Waals surface area (Å²) >= 11 is 0. The molecule has 0 radical (unpaired) electrons. The summed E-state index contributed by atoms with van der Waals surface area (Å²) in [5, 5.41) is 12.3. The number of nitrogens with zero attached hydrogens (tertiary/aromatic N) is 4. The first-order valence-electron chi connectivity index (χ1n) is 9.72. The Bertz CT molecular complexity index is 1250. The first-order valence-corrected chi connectivity index (χ1v) is 9.72. The molecule has 1 saturated carbocycles. The topological polar surface area (TPSA) is 85.8 Å². The number of hydrogen-bond donors (Lipinski definition) is 1. The number of carbonyl (C=O) groups is 1. The lowest BCUT2D eigenvalue weighted by atomic mass is 10.1. The molecule has 7 nitrogen and oxygen atoms in total. The van der Waals surface area contributed by atoms with E-state index in [-0.39, 0.29) is 5.91 Å². The van der Waals surface area contributed by atoms with Crippen molar-refractivity contribution in [3.8, 4) is 5.69 Å². The molecule has 0 saturated heterocycles. The first kappa shape index (κ1) is 17.6. The maximum atomic E-state index is 13.3. The number of rotatable bonds is 4. The molecule has 0 spiro atoms. The second-order valence-electron chi connectivity index (χ2n) is 7.63. The van der Waals surface area contributed by atoms with Crippen LogP contribution in [0.1, 0.15) is 51.9 Å². The van der Waals surface area contributed by atoms with Gasteiger partial charge in [-0.05, 0) is 57.9 Å². The van der Waals surface area contributed by atoms with E-state index in [4.69, 9.17) is 4.52 Å². The van der Waals surface area contributed by atoms with Crippen molar-refractivity contribution in [1.82, 2.24) is 19.9 Å². The number of hydrogen-bond acceptors (Lipinski definition) is 5. The van der Waals surface area contributed by atoms with Crippen LogP contribution in [0.3, 0.4) is 0 Å². The summed E-state index contributed by atoms with van der Waals surface area (Å²) in [6.07, 6.45) is 2.18. The van der Waals surface area contributed by atoms with Crippen LogP contribution in [-0.4, -0.2) is 25.8 Å². The Morgan fingerprint density at radius 3 is 2.69 bits per heavy atom. The van der Waals surface area contributed by atoms with Gasteiger partial charge in [0.15, 0.2) is 0 Å². The highest BCUT2D eigenvalue weighted by molar-refractivity contribution is 6.13. The van der Waals surface area contributed by atoms with Crippen LogP contribution in [0.25, 0.3) is 16.8 Å². The van der Waals surface area contributed by atoms with E-state index in [9.17, 15) is 4.79 Å². The van der Waals surface area contributed by atoms with Gasteiger partial charge < -0.3 is 9.84 Å². The standard InChI is InChI=1S/C22H21N5O2/c1-12-10-13(2)27(25-12)19-7-5-4-6-17(19)23-21(28)16-11-18(15-8-9-15)24-22-20(16)14(3)26-29-22/h4-7,10-11,15H,8-9H2,1-3H3,(H,23,28). The minimum atomic E-state index is -0.209. The molecule has 4 aromatic rings. The lowest BCUT2D eigenvalue weighted by Gasteiger charge is -2.13. The Morgan fingerprint density at radius 2 is 1.97 bits per heavy atom. The molecule has 1 amide bonds. The quantitative estimate of drug-likeness (QED) is 0.559. The van der Waals surface area contributed by atoms with Gasteiger partial charge in [-0.2, -0.15) is 5.10 Å². The van der Waals surface area contributed by atoms with Crippen LogP contribution in [0.15, 0.2) is 40.9 Å². The number of fused-ring (bicyclic) bond motifs is 1. The molecule has 0 unspecified atom stereocenters. The Labute approximate surface area is 167 Å². The van der Waals surface area contributed by atoms with Crippen molar-refractivity contribution in [2.24, 2.45) is 0 Å². The molecular formula is C22H21N5O2. The number of anilines is 1. The highest BCUT2D eigenvalue weighted by atomic mass is 16.5. The number of aromatic nitrogens is 4. The van der Waals surface area contributed by atoms with Crippen LogP contribution >= 0.6 is 0 Å². The monoisotopic (exact) mass is 387 g/mol. The van der Waals surface area contributed by atoms with Crippen LogP contribution < -0.4 is 5.32 Å². The van der Waals surface area contributed by atoms with E-state index >= 15 is 0 Å². The fourth-order valence-corrected chi connectivity index (χ4v) is 3.71. The summed E-state index contributed by atoms with van der Waals surface area (Å²) in [7, 11) is 0. The third-order valence-corrected chi connectivity index (χ3v) is 5.27. The van der Waals surface area contributed by atoms with Gasteiger partial charge in [0.1, 0.15) is 0 Å². The number of para-hydroxylation sites is 2. The summed E-state index contributed by atoms with van der Waals surface area (Å²) in [6, 6.07) is 11.5. The zero-order valence-corrected chi connectivity index (χ0v) is 16.6. The molecule has 1 fully saturated rings. The van der Waals surface area contributed by atoms with Crippen molar-refractivity contribution in [2.45, 2.75) is 39.5 Å². The number of pyridine rings is 1. The molecule has 146 valence electrons. The first-order chi connectivity index (χ1) is 14.0. The number of benzene rings is 1. The lowest BCUT2D eigenvalue weighted by Crippen LogP contribution is -2.15. The van der Waals surface area contributed by atoms with Crippen molar-refractivity contribution < 1.29 is 9.32 Å². The summed E-state index contributed by atoms with van der Waals surface area (Å²) in [4.78, 5) is 17.9. The van der Waals surface area contributed by atoms with E-state index in [2.05, 4.69) is 20.6 Å². The van der Waals surface area contributed by atoms with E-state index in [0.29, 0.717) is 34.0 Å². The molecule has 7 heteroatoms. The van der Waals surface area contributed by atoms with Gasteiger partial charge in [-0.25, -0.2) is 9.67 Å². The number of carbonyl (C=O) groups excluding carboxylic acids is 1. The molecule has 1 aliphatic rings.